The Bertz CT molecular complexity index is 670. The predicted molar refractivity (Wildman–Crippen MR) is 99.2 cm³/mol. The smallest absolute Gasteiger partial charge is 0.227 e. The fraction of sp³-hybridized carbons (Fsp3) is 0.350. The number of nitrogens with zero attached hydrogens (tertiary/aromatic N) is 3. The van der Waals surface area contributed by atoms with Crippen LogP contribution in [0.15, 0.2) is 54.6 Å². The molecule has 1 unspecified atom stereocenters. The van der Waals surface area contributed by atoms with E-state index in [0.717, 1.165) is 37.7 Å². The molecule has 4 heteroatoms. The molecule has 0 amide bonds. The maximum Gasteiger partial charge on any atom is 0.227 e. The minimum atomic E-state index is 0.256. The number of hydrogen-bond donors (Lipinski definition) is 0. The molecule has 0 N–H and O–H groups in total. The van der Waals surface area contributed by atoms with Crippen LogP contribution in [0.3, 0.4) is 0 Å². The standard InChI is InChI=1S/C20H22ClN3/c1-22-11-12-23-13-15-24(16-14-23)20(17-5-3-2-4-6-17)18-7-9-19(21)10-8-18/h2-10,20H,11-16H2. The van der Waals surface area contributed by atoms with Gasteiger partial charge in [0.2, 0.25) is 6.54 Å². The van der Waals surface area contributed by atoms with E-state index in [1.165, 1.54) is 11.1 Å². The van der Waals surface area contributed by atoms with E-state index < -0.39 is 0 Å². The van der Waals surface area contributed by atoms with Gasteiger partial charge in [0, 0.05) is 31.2 Å². The molecular formula is C20H22ClN3. The van der Waals surface area contributed by atoms with E-state index in [1.54, 1.807) is 0 Å². The normalized spacial score (nSPS) is 17.3. The van der Waals surface area contributed by atoms with Gasteiger partial charge < -0.3 is 4.85 Å². The molecule has 2 aromatic rings. The van der Waals surface area contributed by atoms with Crippen LogP contribution < -0.4 is 0 Å². The fourth-order valence-electron chi connectivity index (χ4n) is 3.33. The van der Waals surface area contributed by atoms with Gasteiger partial charge in [0.05, 0.1) is 12.6 Å². The molecule has 0 bridgehead atoms. The fourth-order valence-corrected chi connectivity index (χ4v) is 3.46. The van der Waals surface area contributed by atoms with Crippen LogP contribution >= 0.6 is 11.6 Å². The zero-order valence-electron chi connectivity index (χ0n) is 13.7. The van der Waals surface area contributed by atoms with Crippen LogP contribution in [0.5, 0.6) is 0 Å². The van der Waals surface area contributed by atoms with E-state index >= 15 is 0 Å². The maximum absolute atomic E-state index is 6.95. The second-order valence-corrected chi connectivity index (χ2v) is 6.56. The lowest BCUT2D eigenvalue weighted by Crippen LogP contribution is -2.48. The Balaban J connectivity index is 1.79. The van der Waals surface area contributed by atoms with E-state index in [1.807, 2.05) is 12.1 Å². The molecule has 1 heterocycles. The third-order valence-electron chi connectivity index (χ3n) is 4.60. The summed E-state index contributed by atoms with van der Waals surface area (Å²) in [5.41, 5.74) is 2.59. The number of piperazine rings is 1. The lowest BCUT2D eigenvalue weighted by Gasteiger charge is -2.39. The van der Waals surface area contributed by atoms with Crippen LogP contribution in [0, 0.1) is 6.57 Å². The lowest BCUT2D eigenvalue weighted by atomic mass is 9.96. The van der Waals surface area contributed by atoms with Crippen molar-refractivity contribution >= 4 is 11.6 Å². The van der Waals surface area contributed by atoms with Crippen molar-refractivity contribution in [1.29, 1.82) is 0 Å². The van der Waals surface area contributed by atoms with Crippen LogP contribution in [0.4, 0.5) is 0 Å². The van der Waals surface area contributed by atoms with Crippen molar-refractivity contribution < 1.29 is 0 Å². The van der Waals surface area contributed by atoms with Crippen LogP contribution in [0.1, 0.15) is 17.2 Å². The Labute approximate surface area is 149 Å². The molecule has 0 aliphatic carbocycles. The average Bonchev–Trinajstić information content (AvgIpc) is 2.64. The minimum absolute atomic E-state index is 0.256. The summed E-state index contributed by atoms with van der Waals surface area (Å²) in [6.07, 6.45) is 0. The second-order valence-electron chi connectivity index (χ2n) is 6.12. The lowest BCUT2D eigenvalue weighted by molar-refractivity contribution is 0.113. The topological polar surface area (TPSA) is 10.8 Å². The van der Waals surface area contributed by atoms with Gasteiger partial charge in [-0.2, -0.15) is 0 Å². The van der Waals surface area contributed by atoms with Gasteiger partial charge in [-0.3, -0.25) is 9.80 Å². The van der Waals surface area contributed by atoms with Gasteiger partial charge in [0.15, 0.2) is 0 Å². The first kappa shape index (κ1) is 17.0. The highest BCUT2D eigenvalue weighted by Gasteiger charge is 2.26. The number of halogens is 1. The Morgan fingerprint density at radius 2 is 1.54 bits per heavy atom. The van der Waals surface area contributed by atoms with Gasteiger partial charge in [-0.1, -0.05) is 54.1 Å². The van der Waals surface area contributed by atoms with E-state index in [9.17, 15) is 0 Å². The molecule has 2 aromatic carbocycles. The summed E-state index contributed by atoms with van der Waals surface area (Å²) in [6, 6.07) is 19.1. The highest BCUT2D eigenvalue weighted by Crippen LogP contribution is 2.30. The van der Waals surface area contributed by atoms with Gasteiger partial charge in [0.25, 0.3) is 0 Å². The maximum atomic E-state index is 6.95. The van der Waals surface area contributed by atoms with Crippen LogP contribution in [0.25, 0.3) is 4.85 Å². The van der Waals surface area contributed by atoms with Gasteiger partial charge in [-0.25, -0.2) is 6.57 Å². The van der Waals surface area contributed by atoms with Crippen molar-refractivity contribution in [3.05, 3.63) is 82.2 Å². The molecule has 0 radical (unpaired) electrons. The van der Waals surface area contributed by atoms with Gasteiger partial charge in [0.1, 0.15) is 0 Å². The van der Waals surface area contributed by atoms with Crippen LogP contribution in [-0.2, 0) is 0 Å². The Kier molecular flexibility index (Phi) is 5.87. The van der Waals surface area contributed by atoms with Crippen molar-refractivity contribution in [3.8, 4) is 0 Å². The third kappa shape index (κ3) is 4.15. The molecule has 0 saturated carbocycles. The Hall–Kier alpha value is -1.86. The zero-order chi connectivity index (χ0) is 16.8. The van der Waals surface area contributed by atoms with Gasteiger partial charge >= 0.3 is 0 Å². The summed E-state index contributed by atoms with van der Waals surface area (Å²) in [7, 11) is 0. The van der Waals surface area contributed by atoms with Crippen LogP contribution in [-0.4, -0.2) is 49.1 Å². The SMILES string of the molecule is [C-]#[N+]CCN1CCN(C(c2ccccc2)c2ccc(Cl)cc2)CC1. The zero-order valence-corrected chi connectivity index (χ0v) is 14.5. The summed E-state index contributed by atoms with van der Waals surface area (Å²) in [5, 5.41) is 0.773. The molecule has 3 nitrogen and oxygen atoms in total. The van der Waals surface area contributed by atoms with E-state index in [4.69, 9.17) is 18.2 Å². The number of rotatable bonds is 5. The molecule has 1 aliphatic heterocycles. The first-order valence-electron chi connectivity index (χ1n) is 8.38. The summed E-state index contributed by atoms with van der Waals surface area (Å²) >= 11 is 6.07. The average molecular weight is 340 g/mol. The largest absolute Gasteiger partial charge is 0.316 e. The minimum Gasteiger partial charge on any atom is -0.316 e. The van der Waals surface area contributed by atoms with Crippen molar-refractivity contribution in [1.82, 2.24) is 9.80 Å². The molecular weight excluding hydrogens is 318 g/mol. The summed E-state index contributed by atoms with van der Waals surface area (Å²) in [5.74, 6) is 0. The van der Waals surface area contributed by atoms with E-state index in [2.05, 4.69) is 57.1 Å². The molecule has 0 aromatic heterocycles. The number of benzene rings is 2. The van der Waals surface area contributed by atoms with Crippen molar-refractivity contribution in [2.24, 2.45) is 0 Å². The highest BCUT2D eigenvalue weighted by molar-refractivity contribution is 6.30. The van der Waals surface area contributed by atoms with E-state index in [-0.39, 0.29) is 6.04 Å². The Morgan fingerprint density at radius 3 is 2.17 bits per heavy atom. The van der Waals surface area contributed by atoms with E-state index in [0.29, 0.717) is 6.54 Å². The summed E-state index contributed by atoms with van der Waals surface area (Å²) < 4.78 is 0. The predicted octanol–water partition coefficient (Wildman–Crippen LogP) is 3.97. The molecule has 1 fully saturated rings. The molecule has 3 rings (SSSR count). The Morgan fingerprint density at radius 1 is 0.917 bits per heavy atom. The van der Waals surface area contributed by atoms with Gasteiger partial charge in [-0.15, -0.1) is 0 Å². The summed E-state index contributed by atoms with van der Waals surface area (Å²) in [4.78, 5) is 8.39. The first-order valence-corrected chi connectivity index (χ1v) is 8.76. The molecule has 124 valence electrons. The molecule has 1 saturated heterocycles. The third-order valence-corrected chi connectivity index (χ3v) is 4.85. The quantitative estimate of drug-likeness (QED) is 0.763. The van der Waals surface area contributed by atoms with Gasteiger partial charge in [-0.05, 0) is 23.3 Å². The monoisotopic (exact) mass is 339 g/mol. The molecule has 1 atom stereocenters. The molecule has 1 aliphatic rings. The molecule has 24 heavy (non-hydrogen) atoms. The highest BCUT2D eigenvalue weighted by atomic mass is 35.5. The first-order chi connectivity index (χ1) is 11.8. The summed E-state index contributed by atoms with van der Waals surface area (Å²) in [6.45, 7) is 12.5. The number of hydrogen-bond acceptors (Lipinski definition) is 2. The second kappa shape index (κ2) is 8.30. The van der Waals surface area contributed by atoms with Crippen molar-refractivity contribution in [2.45, 2.75) is 6.04 Å². The van der Waals surface area contributed by atoms with Crippen LogP contribution in [0.2, 0.25) is 5.02 Å². The van der Waals surface area contributed by atoms with Crippen molar-refractivity contribution in [2.75, 3.05) is 39.3 Å². The van der Waals surface area contributed by atoms with Crippen molar-refractivity contribution in [3.63, 3.8) is 0 Å². The molecule has 0 spiro atoms.